The second-order valence-corrected chi connectivity index (χ2v) is 4.95. The summed E-state index contributed by atoms with van der Waals surface area (Å²) in [4.78, 5) is 4.42. The highest BCUT2D eigenvalue weighted by atomic mass is 35.5. The van der Waals surface area contributed by atoms with Crippen molar-refractivity contribution in [3.8, 4) is 5.75 Å². The summed E-state index contributed by atoms with van der Waals surface area (Å²) in [5, 5.41) is 0.640. The molecule has 0 saturated carbocycles. The Morgan fingerprint density at radius 3 is 2.95 bits per heavy atom. The van der Waals surface area contributed by atoms with Gasteiger partial charge in [0.05, 0.1) is 0 Å². The number of aromatic nitrogens is 1. The summed E-state index contributed by atoms with van der Waals surface area (Å²) in [7, 11) is 0. The minimum atomic E-state index is 0.266. The molecule has 0 aliphatic heterocycles. The van der Waals surface area contributed by atoms with Crippen LogP contribution in [0.4, 0.5) is 0 Å². The molecule has 0 unspecified atom stereocenters. The summed E-state index contributed by atoms with van der Waals surface area (Å²) < 4.78 is 5.75. The molecule has 0 amide bonds. The van der Waals surface area contributed by atoms with Gasteiger partial charge in [-0.05, 0) is 30.7 Å². The molecule has 0 aliphatic carbocycles. The number of benzene rings is 1. The SMILES string of the molecule is Cc1ccc(Cl)cc1OCc1cccnc1C(N)=S. The number of thiocarbonyl (C=S) groups is 1. The van der Waals surface area contributed by atoms with Crippen LogP contribution in [0.25, 0.3) is 0 Å². The standard InChI is InChI=1S/C14H13ClN2OS/c1-9-4-5-11(15)7-12(9)18-8-10-3-2-6-17-13(10)14(16)19/h2-7H,8H2,1H3,(H2,16,19). The Morgan fingerprint density at radius 2 is 2.21 bits per heavy atom. The van der Waals surface area contributed by atoms with Gasteiger partial charge in [0.2, 0.25) is 0 Å². The lowest BCUT2D eigenvalue weighted by Gasteiger charge is -2.11. The Morgan fingerprint density at radius 1 is 1.42 bits per heavy atom. The molecule has 19 heavy (non-hydrogen) atoms. The van der Waals surface area contributed by atoms with Gasteiger partial charge in [-0.2, -0.15) is 0 Å². The number of ether oxygens (including phenoxy) is 1. The van der Waals surface area contributed by atoms with E-state index < -0.39 is 0 Å². The molecule has 0 atom stereocenters. The first-order chi connectivity index (χ1) is 9.08. The van der Waals surface area contributed by atoms with Gasteiger partial charge in [-0.3, -0.25) is 4.98 Å². The van der Waals surface area contributed by atoms with Gasteiger partial charge in [-0.25, -0.2) is 0 Å². The van der Waals surface area contributed by atoms with E-state index in [2.05, 4.69) is 4.98 Å². The van der Waals surface area contributed by atoms with Crippen molar-refractivity contribution >= 4 is 28.8 Å². The third kappa shape index (κ3) is 3.43. The average molecular weight is 293 g/mol. The van der Waals surface area contributed by atoms with Gasteiger partial charge in [0, 0.05) is 16.8 Å². The maximum Gasteiger partial charge on any atom is 0.124 e. The van der Waals surface area contributed by atoms with Crippen LogP contribution in [-0.4, -0.2) is 9.97 Å². The minimum Gasteiger partial charge on any atom is -0.488 e. The first-order valence-corrected chi connectivity index (χ1v) is 6.49. The fourth-order valence-corrected chi connectivity index (χ4v) is 2.01. The fourth-order valence-electron chi connectivity index (χ4n) is 1.66. The summed E-state index contributed by atoms with van der Waals surface area (Å²) in [6.45, 7) is 2.31. The van der Waals surface area contributed by atoms with Crippen molar-refractivity contribution in [2.24, 2.45) is 5.73 Å². The first-order valence-electron chi connectivity index (χ1n) is 5.70. The molecule has 2 N–H and O–H groups in total. The van der Waals surface area contributed by atoms with Crippen LogP contribution < -0.4 is 10.5 Å². The van der Waals surface area contributed by atoms with Crippen LogP contribution in [0.5, 0.6) is 5.75 Å². The van der Waals surface area contributed by atoms with Gasteiger partial charge in [0.15, 0.2) is 0 Å². The molecule has 1 heterocycles. The van der Waals surface area contributed by atoms with Crippen molar-refractivity contribution in [3.05, 3.63) is 58.4 Å². The van der Waals surface area contributed by atoms with Crippen LogP contribution in [-0.2, 0) is 6.61 Å². The molecular formula is C14H13ClN2OS. The largest absolute Gasteiger partial charge is 0.488 e. The molecule has 0 radical (unpaired) electrons. The fraction of sp³-hybridized carbons (Fsp3) is 0.143. The van der Waals surface area contributed by atoms with E-state index in [9.17, 15) is 0 Å². The van der Waals surface area contributed by atoms with E-state index in [1.54, 1.807) is 12.3 Å². The monoisotopic (exact) mass is 292 g/mol. The Hall–Kier alpha value is -1.65. The summed E-state index contributed by atoms with van der Waals surface area (Å²) in [6.07, 6.45) is 1.66. The lowest BCUT2D eigenvalue weighted by atomic mass is 10.2. The maximum atomic E-state index is 5.95. The van der Waals surface area contributed by atoms with E-state index in [0.717, 1.165) is 16.9 Å². The van der Waals surface area contributed by atoms with Gasteiger partial charge in [-0.15, -0.1) is 0 Å². The Balaban J connectivity index is 2.19. The van der Waals surface area contributed by atoms with E-state index in [-0.39, 0.29) is 4.99 Å². The quantitative estimate of drug-likeness (QED) is 0.879. The zero-order valence-corrected chi connectivity index (χ0v) is 12.0. The van der Waals surface area contributed by atoms with Crippen molar-refractivity contribution in [1.29, 1.82) is 0 Å². The smallest absolute Gasteiger partial charge is 0.124 e. The molecule has 1 aromatic heterocycles. The van der Waals surface area contributed by atoms with Crippen molar-refractivity contribution in [2.75, 3.05) is 0 Å². The Labute approximate surface area is 122 Å². The lowest BCUT2D eigenvalue weighted by Crippen LogP contribution is -2.15. The van der Waals surface area contributed by atoms with Crippen LogP contribution in [0.2, 0.25) is 5.02 Å². The van der Waals surface area contributed by atoms with E-state index in [4.69, 9.17) is 34.3 Å². The lowest BCUT2D eigenvalue weighted by molar-refractivity contribution is 0.303. The molecule has 98 valence electrons. The predicted octanol–water partition coefficient (Wildman–Crippen LogP) is 3.26. The van der Waals surface area contributed by atoms with Gasteiger partial charge in [-0.1, -0.05) is 36.0 Å². The van der Waals surface area contributed by atoms with Crippen molar-refractivity contribution in [2.45, 2.75) is 13.5 Å². The van der Waals surface area contributed by atoms with Gasteiger partial charge < -0.3 is 10.5 Å². The molecule has 0 spiro atoms. The maximum absolute atomic E-state index is 5.95. The van der Waals surface area contributed by atoms with Crippen molar-refractivity contribution in [3.63, 3.8) is 0 Å². The van der Waals surface area contributed by atoms with Crippen LogP contribution in [0, 0.1) is 6.92 Å². The third-order valence-corrected chi connectivity index (χ3v) is 3.09. The van der Waals surface area contributed by atoms with E-state index in [1.165, 1.54) is 0 Å². The van der Waals surface area contributed by atoms with Crippen LogP contribution in [0.1, 0.15) is 16.8 Å². The summed E-state index contributed by atoms with van der Waals surface area (Å²) in [5.74, 6) is 0.741. The minimum absolute atomic E-state index is 0.266. The number of hydrogen-bond acceptors (Lipinski definition) is 3. The van der Waals surface area contributed by atoms with Crippen LogP contribution in [0.15, 0.2) is 36.5 Å². The Bertz CT molecular complexity index is 616. The van der Waals surface area contributed by atoms with E-state index in [1.807, 2.05) is 31.2 Å². The second-order valence-electron chi connectivity index (χ2n) is 4.07. The van der Waals surface area contributed by atoms with Crippen molar-refractivity contribution in [1.82, 2.24) is 4.98 Å². The molecule has 5 heteroatoms. The zero-order chi connectivity index (χ0) is 13.8. The van der Waals surface area contributed by atoms with Gasteiger partial charge in [0.1, 0.15) is 23.0 Å². The molecule has 0 fully saturated rings. The first kappa shape index (κ1) is 13.8. The number of pyridine rings is 1. The molecule has 1 aromatic carbocycles. The number of rotatable bonds is 4. The summed E-state index contributed by atoms with van der Waals surface area (Å²) in [6, 6.07) is 9.24. The third-order valence-electron chi connectivity index (χ3n) is 2.66. The van der Waals surface area contributed by atoms with Gasteiger partial charge >= 0.3 is 0 Å². The zero-order valence-electron chi connectivity index (χ0n) is 10.4. The highest BCUT2D eigenvalue weighted by Gasteiger charge is 2.08. The molecular weight excluding hydrogens is 280 g/mol. The normalized spacial score (nSPS) is 10.2. The number of hydrogen-bond donors (Lipinski definition) is 1. The highest BCUT2D eigenvalue weighted by molar-refractivity contribution is 7.80. The predicted molar refractivity (Wildman–Crippen MR) is 80.6 cm³/mol. The molecule has 0 bridgehead atoms. The highest BCUT2D eigenvalue weighted by Crippen LogP contribution is 2.23. The molecule has 3 nitrogen and oxygen atoms in total. The molecule has 2 rings (SSSR count). The second kappa shape index (κ2) is 5.99. The summed E-state index contributed by atoms with van der Waals surface area (Å²) >= 11 is 10.9. The Kier molecular flexibility index (Phi) is 4.35. The van der Waals surface area contributed by atoms with E-state index >= 15 is 0 Å². The van der Waals surface area contributed by atoms with E-state index in [0.29, 0.717) is 17.3 Å². The topological polar surface area (TPSA) is 48.1 Å². The molecule has 0 saturated heterocycles. The van der Waals surface area contributed by atoms with Crippen molar-refractivity contribution < 1.29 is 4.74 Å². The number of aryl methyl sites for hydroxylation is 1. The summed E-state index contributed by atoms with van der Waals surface area (Å²) in [5.41, 5.74) is 8.10. The van der Waals surface area contributed by atoms with Crippen LogP contribution in [0.3, 0.4) is 0 Å². The van der Waals surface area contributed by atoms with Gasteiger partial charge in [0.25, 0.3) is 0 Å². The number of nitrogens with two attached hydrogens (primary N) is 1. The number of halogens is 1. The average Bonchev–Trinajstić information content (AvgIpc) is 2.40. The number of nitrogens with zero attached hydrogens (tertiary/aromatic N) is 1. The van der Waals surface area contributed by atoms with Crippen LogP contribution >= 0.6 is 23.8 Å². The molecule has 2 aromatic rings. The molecule has 0 aliphatic rings.